The van der Waals surface area contributed by atoms with Gasteiger partial charge in [0.15, 0.2) is 0 Å². The molecule has 3 nitrogen and oxygen atoms in total. The van der Waals surface area contributed by atoms with Crippen molar-refractivity contribution >= 4 is 6.16 Å². The van der Waals surface area contributed by atoms with Crippen LogP contribution in [0.1, 0.15) is 12.8 Å². The molecule has 4 heteroatoms. The Morgan fingerprint density at radius 1 is 1.20 bits per heavy atom. The van der Waals surface area contributed by atoms with E-state index in [1.165, 1.54) is 12.8 Å². The van der Waals surface area contributed by atoms with Gasteiger partial charge in [-0.05, 0) is 0 Å². The molecule has 0 aromatic carbocycles. The van der Waals surface area contributed by atoms with Crippen LogP contribution in [-0.4, -0.2) is 27.2 Å². The monoisotopic (exact) mass is 321 g/mol. The van der Waals surface area contributed by atoms with Gasteiger partial charge in [0.2, 0.25) is 0 Å². The first-order valence-corrected chi connectivity index (χ1v) is 9.05. The fourth-order valence-corrected chi connectivity index (χ4v) is 7.26. The average molecular weight is 321 g/mol. The van der Waals surface area contributed by atoms with Crippen LogP contribution in [0.4, 0.5) is 4.79 Å². The number of halogens is 1. The maximum absolute atomic E-state index is 11.1. The average Bonchev–Trinajstić information content (AvgIpc) is 2.83. The SMILES string of the molecule is C[I-]C1CC2CC1C1C3OC(=O)OC3C21. The van der Waals surface area contributed by atoms with E-state index < -0.39 is 6.16 Å². The quantitative estimate of drug-likeness (QED) is 0.327. The fraction of sp³-hybridized carbons (Fsp3) is 0.909. The van der Waals surface area contributed by atoms with Crippen molar-refractivity contribution in [3.63, 3.8) is 0 Å². The predicted octanol–water partition coefficient (Wildman–Crippen LogP) is -1.74. The minimum atomic E-state index is -0.415. The summed E-state index contributed by atoms with van der Waals surface area (Å²) >= 11 is 0.364. The van der Waals surface area contributed by atoms with Gasteiger partial charge in [-0.15, -0.1) is 0 Å². The van der Waals surface area contributed by atoms with E-state index in [4.69, 9.17) is 9.47 Å². The Kier molecular flexibility index (Phi) is 1.70. The summed E-state index contributed by atoms with van der Waals surface area (Å²) in [5.74, 6) is 3.05. The van der Waals surface area contributed by atoms with E-state index in [-0.39, 0.29) is 12.2 Å². The normalized spacial score (nSPS) is 59.5. The first kappa shape index (κ1) is 9.07. The number of carbonyl (C=O) groups is 1. The molecule has 1 saturated heterocycles. The summed E-state index contributed by atoms with van der Waals surface area (Å²) in [4.78, 5) is 13.5. The van der Waals surface area contributed by atoms with E-state index in [0.29, 0.717) is 33.0 Å². The van der Waals surface area contributed by atoms with Gasteiger partial charge in [0.25, 0.3) is 0 Å². The van der Waals surface area contributed by atoms with Gasteiger partial charge in [0.05, 0.1) is 0 Å². The van der Waals surface area contributed by atoms with Crippen LogP contribution in [0, 0.1) is 23.7 Å². The maximum atomic E-state index is 11.1. The van der Waals surface area contributed by atoms with Crippen molar-refractivity contribution in [1.29, 1.82) is 0 Å². The first-order valence-electron chi connectivity index (χ1n) is 5.65. The zero-order chi connectivity index (χ0) is 10.2. The molecule has 3 aliphatic carbocycles. The van der Waals surface area contributed by atoms with Gasteiger partial charge < -0.3 is 0 Å². The molecule has 0 aromatic rings. The number of alkyl halides is 2. The third-order valence-corrected chi connectivity index (χ3v) is 7.91. The van der Waals surface area contributed by atoms with E-state index in [1.54, 1.807) is 0 Å². The molecule has 15 heavy (non-hydrogen) atoms. The Morgan fingerprint density at radius 3 is 2.67 bits per heavy atom. The van der Waals surface area contributed by atoms with Crippen LogP contribution in [0.5, 0.6) is 0 Å². The summed E-state index contributed by atoms with van der Waals surface area (Å²) in [5, 5.41) is 0. The summed E-state index contributed by atoms with van der Waals surface area (Å²) in [6.45, 7) is 0. The molecule has 4 fully saturated rings. The van der Waals surface area contributed by atoms with Crippen molar-refractivity contribution in [1.82, 2.24) is 0 Å². The Morgan fingerprint density at radius 2 is 1.93 bits per heavy atom. The number of ether oxygens (including phenoxy) is 2. The molecule has 84 valence electrons. The number of hydrogen-bond acceptors (Lipinski definition) is 3. The van der Waals surface area contributed by atoms with Crippen molar-refractivity contribution < 1.29 is 35.5 Å². The standard InChI is InChI=1S/C11H14IO3/c1-12-6-3-4-2-5(6)8-7(4)9-10(8)15-11(13)14-9/h4-10H,2-3H2,1H3/q-1. The molecule has 1 aliphatic heterocycles. The number of rotatable bonds is 1. The van der Waals surface area contributed by atoms with Gasteiger partial charge >= 0.3 is 99.2 Å². The molecule has 7 unspecified atom stereocenters. The Bertz CT molecular complexity index is 332. The molecule has 7 atom stereocenters. The van der Waals surface area contributed by atoms with E-state index in [1.807, 2.05) is 0 Å². The summed E-state index contributed by atoms with van der Waals surface area (Å²) in [6.07, 6.45) is 2.66. The van der Waals surface area contributed by atoms with Crippen LogP contribution >= 0.6 is 0 Å². The molecule has 3 saturated carbocycles. The van der Waals surface area contributed by atoms with Gasteiger partial charge in [-0.3, -0.25) is 0 Å². The second kappa shape index (κ2) is 2.81. The van der Waals surface area contributed by atoms with E-state index in [9.17, 15) is 4.79 Å². The Labute approximate surface area is 99.1 Å². The number of fused-ring (bicyclic) bond motifs is 8. The third-order valence-electron chi connectivity index (χ3n) is 4.88. The molecule has 4 aliphatic rings. The van der Waals surface area contributed by atoms with Crippen LogP contribution in [0.25, 0.3) is 0 Å². The summed E-state index contributed by atoms with van der Waals surface area (Å²) in [7, 11) is 0. The molecule has 0 spiro atoms. The summed E-state index contributed by atoms with van der Waals surface area (Å²) in [6, 6.07) is 0. The molecule has 0 amide bonds. The molecule has 0 radical (unpaired) electrons. The van der Waals surface area contributed by atoms with Gasteiger partial charge in [-0.2, -0.15) is 0 Å². The van der Waals surface area contributed by atoms with Crippen molar-refractivity contribution in [3.05, 3.63) is 0 Å². The number of carbonyl (C=O) groups excluding carboxylic acids is 1. The molecule has 4 rings (SSSR count). The molecular formula is C11H14IO3-. The minimum absolute atomic E-state index is 0.133. The summed E-state index contributed by atoms with van der Waals surface area (Å²) in [5.41, 5.74) is 0. The van der Waals surface area contributed by atoms with Crippen molar-refractivity contribution in [2.45, 2.75) is 29.0 Å². The first-order chi connectivity index (χ1) is 7.29. The van der Waals surface area contributed by atoms with Crippen molar-refractivity contribution in [2.24, 2.45) is 23.7 Å². The van der Waals surface area contributed by atoms with Crippen LogP contribution in [0.15, 0.2) is 0 Å². The predicted molar refractivity (Wildman–Crippen MR) is 48.0 cm³/mol. The van der Waals surface area contributed by atoms with Crippen LogP contribution in [-0.2, 0) is 9.47 Å². The topological polar surface area (TPSA) is 35.5 Å². The second-order valence-electron chi connectivity index (χ2n) is 5.20. The van der Waals surface area contributed by atoms with Gasteiger partial charge in [0, 0.05) is 0 Å². The van der Waals surface area contributed by atoms with Gasteiger partial charge in [-0.1, -0.05) is 0 Å². The Hall–Kier alpha value is 0. The van der Waals surface area contributed by atoms with E-state index in [0.717, 1.165) is 15.8 Å². The number of hydrogen-bond donors (Lipinski definition) is 0. The van der Waals surface area contributed by atoms with Crippen LogP contribution in [0.3, 0.4) is 0 Å². The molecule has 0 aromatic heterocycles. The van der Waals surface area contributed by atoms with Crippen LogP contribution in [0.2, 0.25) is 0 Å². The zero-order valence-electron chi connectivity index (χ0n) is 8.56. The summed E-state index contributed by atoms with van der Waals surface area (Å²) < 4.78 is 11.5. The molecule has 1 heterocycles. The third kappa shape index (κ3) is 0.953. The van der Waals surface area contributed by atoms with E-state index in [2.05, 4.69) is 4.93 Å². The van der Waals surface area contributed by atoms with Gasteiger partial charge in [0.1, 0.15) is 0 Å². The molecule has 0 N–H and O–H groups in total. The second-order valence-corrected chi connectivity index (χ2v) is 8.04. The molecular weight excluding hydrogens is 307 g/mol. The molecule has 2 bridgehead atoms. The fourth-order valence-electron chi connectivity index (χ4n) is 4.40. The zero-order valence-corrected chi connectivity index (χ0v) is 10.7. The van der Waals surface area contributed by atoms with E-state index >= 15 is 0 Å². The van der Waals surface area contributed by atoms with Crippen LogP contribution < -0.4 is 21.2 Å². The Balaban J connectivity index is 1.63. The van der Waals surface area contributed by atoms with Crippen molar-refractivity contribution in [2.75, 3.05) is 4.93 Å². The van der Waals surface area contributed by atoms with Gasteiger partial charge in [-0.25, -0.2) is 0 Å². The van der Waals surface area contributed by atoms with Crippen molar-refractivity contribution in [3.8, 4) is 0 Å².